The minimum atomic E-state index is -1.14. The van der Waals surface area contributed by atoms with E-state index < -0.39 is 47.5 Å². The van der Waals surface area contributed by atoms with Crippen LogP contribution in [0.25, 0.3) is 0 Å². The Morgan fingerprint density at radius 2 is 1.18 bits per heavy atom. The first-order valence-electron chi connectivity index (χ1n) is 24.1. The van der Waals surface area contributed by atoms with Crippen LogP contribution in [0.2, 0.25) is 0 Å². The molecule has 5 aliphatic rings. The number of fused-ring (bicyclic) bond motifs is 5. The van der Waals surface area contributed by atoms with Crippen LogP contribution in [0.1, 0.15) is 97.8 Å². The predicted molar refractivity (Wildman–Crippen MR) is 237 cm³/mol. The molecule has 0 spiro atoms. The van der Waals surface area contributed by atoms with Crippen molar-refractivity contribution >= 4 is 35.7 Å². The molecular formula is C46H78N6O13. The van der Waals surface area contributed by atoms with Gasteiger partial charge in [-0.25, -0.2) is 4.79 Å². The topological polar surface area (TPSA) is 281 Å². The van der Waals surface area contributed by atoms with E-state index in [0.29, 0.717) is 51.6 Å². The van der Waals surface area contributed by atoms with Gasteiger partial charge in [-0.3, -0.25) is 43.6 Å². The number of carbonyl (C=O) groups excluding carboxylic acids is 2. The fourth-order valence-electron chi connectivity index (χ4n) is 13.0. The lowest BCUT2D eigenvalue weighted by Gasteiger charge is -2.63. The highest BCUT2D eigenvalue weighted by molar-refractivity contribution is 5.83. The minimum absolute atomic E-state index is 0.0154. The molecule has 5 rings (SSSR count). The van der Waals surface area contributed by atoms with Crippen LogP contribution >= 0.6 is 0 Å². The quantitative estimate of drug-likeness (QED) is 0.0807. The van der Waals surface area contributed by atoms with Crippen molar-refractivity contribution in [3.05, 3.63) is 0 Å². The van der Waals surface area contributed by atoms with Crippen LogP contribution in [-0.2, 0) is 28.8 Å². The minimum Gasteiger partial charge on any atom is -0.480 e. The third kappa shape index (κ3) is 13.8. The molecule has 3 unspecified atom stereocenters. The van der Waals surface area contributed by atoms with Gasteiger partial charge in [0.2, 0.25) is 11.8 Å². The molecule has 9 N–H and O–H groups in total. The van der Waals surface area contributed by atoms with Crippen molar-refractivity contribution < 1.29 is 64.5 Å². The smallest absolute Gasteiger partial charge is 0.326 e. The van der Waals surface area contributed by atoms with Crippen LogP contribution in [-0.4, -0.2) is 200 Å². The first kappa shape index (κ1) is 52.5. The van der Waals surface area contributed by atoms with Crippen molar-refractivity contribution in [2.45, 2.75) is 122 Å². The molecule has 4 aliphatic carbocycles. The van der Waals surface area contributed by atoms with E-state index in [1.54, 1.807) is 14.7 Å². The number of hydrogen-bond donors (Lipinski definition) is 9. The van der Waals surface area contributed by atoms with E-state index in [9.17, 15) is 64.5 Å². The number of rotatable bonds is 19. The number of aliphatic hydroxyl groups excluding tert-OH is 3. The lowest BCUT2D eigenvalue weighted by molar-refractivity contribution is -0.207. The van der Waals surface area contributed by atoms with E-state index in [1.165, 1.54) is 0 Å². The van der Waals surface area contributed by atoms with E-state index in [2.05, 4.69) is 31.4 Å². The summed E-state index contributed by atoms with van der Waals surface area (Å²) in [5.74, 6) is -3.98. The molecule has 65 heavy (non-hydrogen) atoms. The SMILES string of the molecule is C[C@H](CCC(=O)N[C@@H](CCCCNC(=O)CN1CCN(CC(=O)O)CCN(CC(=O)O)CCN(CC(=O)O)CC1)C(=O)O)[C@H]1CCC2C3C(C[C@H](O)[C@@]21C)[C@@]1(C)CC[C@@H](O)C[C@H]1C[C@H]3O. The number of aliphatic carboxylic acids is 4. The highest BCUT2D eigenvalue weighted by Crippen LogP contribution is 2.68. The summed E-state index contributed by atoms with van der Waals surface area (Å²) in [6.45, 7) is 8.26. The summed E-state index contributed by atoms with van der Waals surface area (Å²) in [5, 5.41) is 77.8. The van der Waals surface area contributed by atoms with E-state index in [4.69, 9.17) is 0 Å². The number of nitrogens with zero attached hydrogens (tertiary/aromatic N) is 4. The Morgan fingerprint density at radius 1 is 0.646 bits per heavy atom. The fraction of sp³-hybridized carbons (Fsp3) is 0.870. The first-order chi connectivity index (χ1) is 30.7. The van der Waals surface area contributed by atoms with Crippen LogP contribution in [0.3, 0.4) is 0 Å². The lowest BCUT2D eigenvalue weighted by atomic mass is 9.43. The van der Waals surface area contributed by atoms with Gasteiger partial charge in [-0.15, -0.1) is 0 Å². The molecule has 0 radical (unpaired) electrons. The molecule has 0 aromatic rings. The molecule has 370 valence electrons. The summed E-state index contributed by atoms with van der Waals surface area (Å²) in [5.41, 5.74) is -0.418. The number of carboxylic acid groups (broad SMARTS) is 4. The zero-order valence-electron chi connectivity index (χ0n) is 38.8. The number of amides is 2. The van der Waals surface area contributed by atoms with Crippen LogP contribution in [0.5, 0.6) is 0 Å². The van der Waals surface area contributed by atoms with Crippen LogP contribution in [0.4, 0.5) is 0 Å². The highest BCUT2D eigenvalue weighted by Gasteiger charge is 2.65. The lowest BCUT2D eigenvalue weighted by Crippen LogP contribution is -2.62. The van der Waals surface area contributed by atoms with Crippen LogP contribution in [0, 0.1) is 46.3 Å². The van der Waals surface area contributed by atoms with Gasteiger partial charge in [-0.05, 0) is 117 Å². The largest absolute Gasteiger partial charge is 0.480 e. The molecule has 12 atom stereocenters. The van der Waals surface area contributed by atoms with Gasteiger partial charge in [0.25, 0.3) is 0 Å². The highest BCUT2D eigenvalue weighted by atomic mass is 16.4. The Balaban J connectivity index is 1.06. The van der Waals surface area contributed by atoms with Crippen molar-refractivity contribution in [2.24, 2.45) is 46.3 Å². The molecular weight excluding hydrogens is 845 g/mol. The van der Waals surface area contributed by atoms with Crippen molar-refractivity contribution in [2.75, 3.05) is 85.1 Å². The molecule has 0 aromatic carbocycles. The molecule has 19 heteroatoms. The van der Waals surface area contributed by atoms with Crippen molar-refractivity contribution in [3.63, 3.8) is 0 Å². The molecule has 5 fully saturated rings. The summed E-state index contributed by atoms with van der Waals surface area (Å²) in [6.07, 6.45) is 5.89. The van der Waals surface area contributed by atoms with Gasteiger partial charge in [-0.2, -0.15) is 0 Å². The maximum Gasteiger partial charge on any atom is 0.326 e. The number of carbonyl (C=O) groups is 6. The van der Waals surface area contributed by atoms with Crippen molar-refractivity contribution in [3.8, 4) is 0 Å². The third-order valence-electron chi connectivity index (χ3n) is 16.6. The van der Waals surface area contributed by atoms with Gasteiger partial charge in [0.15, 0.2) is 0 Å². The average Bonchev–Trinajstić information content (AvgIpc) is 3.58. The maximum atomic E-state index is 13.2. The van der Waals surface area contributed by atoms with E-state index in [1.807, 2.05) is 4.90 Å². The summed E-state index contributed by atoms with van der Waals surface area (Å²) >= 11 is 0. The van der Waals surface area contributed by atoms with Gasteiger partial charge in [0.1, 0.15) is 6.04 Å². The normalized spacial score (nSPS) is 34.1. The molecule has 0 bridgehead atoms. The number of unbranched alkanes of at least 4 members (excludes halogenated alkanes) is 1. The summed E-state index contributed by atoms with van der Waals surface area (Å²) in [4.78, 5) is 79.9. The second-order valence-corrected chi connectivity index (χ2v) is 20.6. The maximum absolute atomic E-state index is 13.2. The monoisotopic (exact) mass is 923 g/mol. The Bertz CT molecular complexity index is 1630. The third-order valence-corrected chi connectivity index (χ3v) is 16.6. The molecule has 1 heterocycles. The second kappa shape index (κ2) is 23.5. The number of aliphatic hydroxyl groups is 3. The molecule has 1 saturated heterocycles. The molecule has 4 saturated carbocycles. The second-order valence-electron chi connectivity index (χ2n) is 20.6. The van der Waals surface area contributed by atoms with E-state index >= 15 is 0 Å². The number of carboxylic acids is 4. The predicted octanol–water partition coefficient (Wildman–Crippen LogP) is 0.695. The molecule has 0 aromatic heterocycles. The molecule has 19 nitrogen and oxygen atoms in total. The first-order valence-corrected chi connectivity index (χ1v) is 24.1. The van der Waals surface area contributed by atoms with Gasteiger partial charge in [0.05, 0.1) is 44.5 Å². The average molecular weight is 923 g/mol. The summed E-state index contributed by atoms with van der Waals surface area (Å²) in [6, 6.07) is -1.10. The molecule has 2 amide bonds. The van der Waals surface area contributed by atoms with Gasteiger partial charge < -0.3 is 46.4 Å². The van der Waals surface area contributed by atoms with Crippen molar-refractivity contribution in [1.82, 2.24) is 30.2 Å². The van der Waals surface area contributed by atoms with Crippen LogP contribution < -0.4 is 10.6 Å². The van der Waals surface area contributed by atoms with E-state index in [-0.39, 0.29) is 144 Å². The van der Waals surface area contributed by atoms with Gasteiger partial charge in [0, 0.05) is 65.3 Å². The number of hydrogen-bond acceptors (Lipinski definition) is 13. The molecule has 1 aliphatic heterocycles. The Labute approximate surface area is 383 Å². The Kier molecular flexibility index (Phi) is 19.0. The van der Waals surface area contributed by atoms with Crippen LogP contribution in [0.15, 0.2) is 0 Å². The van der Waals surface area contributed by atoms with Crippen molar-refractivity contribution in [1.29, 1.82) is 0 Å². The summed E-state index contributed by atoms with van der Waals surface area (Å²) < 4.78 is 0. The van der Waals surface area contributed by atoms with Gasteiger partial charge >= 0.3 is 23.9 Å². The van der Waals surface area contributed by atoms with Gasteiger partial charge in [-0.1, -0.05) is 20.8 Å². The zero-order valence-corrected chi connectivity index (χ0v) is 38.8. The Hall–Kier alpha value is -3.46. The fourth-order valence-corrected chi connectivity index (χ4v) is 13.0. The zero-order chi connectivity index (χ0) is 47.6. The van der Waals surface area contributed by atoms with E-state index in [0.717, 1.165) is 25.7 Å². The number of nitrogens with one attached hydrogen (secondary N) is 2. The summed E-state index contributed by atoms with van der Waals surface area (Å²) in [7, 11) is 0. The Morgan fingerprint density at radius 3 is 1.71 bits per heavy atom. The standard InChI is InChI=1S/C46H78N6O13/c1-29(32-8-9-33-43-34(24-37(55)46(32,33)3)45(2)12-11-31(53)22-30(45)23-36(43)54)7-10-38(56)48-35(44(64)65)6-4-5-13-47-39(57)25-49-14-16-50(26-40(58)59)18-20-52(28-42(62)63)21-19-51(17-15-49)27-41(60)61/h29-37,43,53-55H,4-28H2,1-3H3,(H,47,57)(H,48,56)(H,58,59)(H,60,61)(H,62,63)(H,64,65)/t29-,30+,31-,32-,33?,34?,35+,36-,37+,43?,45+,46-/m1/s1.